The first-order chi connectivity index (χ1) is 12.3. The molecular weight excluding hydrogens is 314 g/mol. The predicted octanol–water partition coefficient (Wildman–Crippen LogP) is 3.08. The molecule has 25 heavy (non-hydrogen) atoms. The minimum absolute atomic E-state index is 0.0553. The van der Waals surface area contributed by atoms with Gasteiger partial charge in [0.25, 0.3) is 0 Å². The van der Waals surface area contributed by atoms with Crippen LogP contribution in [0.5, 0.6) is 0 Å². The number of fused-ring (bicyclic) bond motifs is 3. The smallest absolute Gasteiger partial charge is 0.311 e. The molecule has 1 unspecified atom stereocenters. The van der Waals surface area contributed by atoms with Crippen molar-refractivity contribution in [2.24, 2.45) is 11.7 Å². The van der Waals surface area contributed by atoms with E-state index in [0.29, 0.717) is 19.6 Å². The topological polar surface area (TPSA) is 72.5 Å². The van der Waals surface area contributed by atoms with Gasteiger partial charge in [0.15, 0.2) is 0 Å². The number of hydrogen-bond acceptors (Lipinski definition) is 4. The van der Waals surface area contributed by atoms with Crippen LogP contribution in [-0.2, 0) is 9.53 Å². The number of carbonyl (C=O) groups is 1. The Morgan fingerprint density at radius 3 is 2.20 bits per heavy atom. The molecule has 0 aliphatic heterocycles. The van der Waals surface area contributed by atoms with Crippen molar-refractivity contribution in [3.8, 4) is 11.1 Å². The molecule has 0 saturated carbocycles. The Balaban J connectivity index is 1.70. The number of unbranched alkanes of at least 4 members (excludes halogenated alkanes) is 1. The molecule has 2 aromatic carbocycles. The van der Waals surface area contributed by atoms with Crippen molar-refractivity contribution >= 4 is 5.97 Å². The molecular formula is C21H25NO3. The maximum Gasteiger partial charge on any atom is 0.311 e. The molecule has 0 aromatic heterocycles. The molecule has 4 heteroatoms. The number of hydrogen-bond donors (Lipinski definition) is 2. The van der Waals surface area contributed by atoms with E-state index in [1.165, 1.54) is 22.3 Å². The van der Waals surface area contributed by atoms with Gasteiger partial charge in [-0.25, -0.2) is 0 Å². The highest BCUT2D eigenvalue weighted by atomic mass is 16.5. The van der Waals surface area contributed by atoms with Gasteiger partial charge in [-0.3, -0.25) is 4.79 Å². The fourth-order valence-corrected chi connectivity index (χ4v) is 3.54. The summed E-state index contributed by atoms with van der Waals surface area (Å²) in [6, 6.07) is 16.5. The number of ether oxygens (including phenoxy) is 1. The van der Waals surface area contributed by atoms with Gasteiger partial charge in [-0.1, -0.05) is 55.0 Å². The van der Waals surface area contributed by atoms with Crippen molar-refractivity contribution in [3.63, 3.8) is 0 Å². The highest BCUT2D eigenvalue weighted by Gasteiger charge is 2.30. The molecule has 3 rings (SSSR count). The van der Waals surface area contributed by atoms with Crippen LogP contribution in [0.15, 0.2) is 48.5 Å². The van der Waals surface area contributed by atoms with Gasteiger partial charge in [0, 0.05) is 5.92 Å². The molecule has 0 spiro atoms. The first-order valence-electron chi connectivity index (χ1n) is 8.92. The zero-order chi connectivity index (χ0) is 17.6. The fraction of sp³-hybridized carbons (Fsp3) is 0.381. The second-order valence-electron chi connectivity index (χ2n) is 6.52. The van der Waals surface area contributed by atoms with Crippen molar-refractivity contribution in [2.75, 3.05) is 19.8 Å². The molecule has 0 heterocycles. The van der Waals surface area contributed by atoms with Crippen LogP contribution < -0.4 is 5.73 Å². The van der Waals surface area contributed by atoms with Crippen LogP contribution >= 0.6 is 0 Å². The van der Waals surface area contributed by atoms with Crippen molar-refractivity contribution in [2.45, 2.75) is 25.2 Å². The largest absolute Gasteiger partial charge is 0.464 e. The van der Waals surface area contributed by atoms with Crippen LogP contribution in [-0.4, -0.2) is 30.8 Å². The summed E-state index contributed by atoms with van der Waals surface area (Å²) >= 11 is 0. The van der Waals surface area contributed by atoms with Crippen LogP contribution in [0.4, 0.5) is 0 Å². The highest BCUT2D eigenvalue weighted by molar-refractivity contribution is 5.79. The normalized spacial score (nSPS) is 14.0. The minimum Gasteiger partial charge on any atom is -0.464 e. The SMILES string of the molecule is NCCCCC(CO)C(=O)OCC1c2ccccc2-c2ccccc21. The predicted molar refractivity (Wildman–Crippen MR) is 98.2 cm³/mol. The van der Waals surface area contributed by atoms with Crippen molar-refractivity contribution < 1.29 is 14.6 Å². The third-order valence-electron chi connectivity index (χ3n) is 4.92. The Kier molecular flexibility index (Phi) is 5.84. The Morgan fingerprint density at radius 2 is 1.64 bits per heavy atom. The average Bonchev–Trinajstić information content (AvgIpc) is 2.97. The quantitative estimate of drug-likeness (QED) is 0.573. The van der Waals surface area contributed by atoms with Crippen LogP contribution in [0.1, 0.15) is 36.3 Å². The molecule has 132 valence electrons. The first kappa shape index (κ1) is 17.6. The van der Waals surface area contributed by atoms with E-state index < -0.39 is 5.92 Å². The molecule has 1 aliphatic rings. The van der Waals surface area contributed by atoms with Gasteiger partial charge in [0.05, 0.1) is 12.5 Å². The lowest BCUT2D eigenvalue weighted by Gasteiger charge is -2.17. The first-order valence-corrected chi connectivity index (χ1v) is 8.92. The van der Waals surface area contributed by atoms with E-state index in [-0.39, 0.29) is 18.5 Å². The Hall–Kier alpha value is -2.17. The van der Waals surface area contributed by atoms with Gasteiger partial charge in [-0.15, -0.1) is 0 Å². The summed E-state index contributed by atoms with van der Waals surface area (Å²) in [7, 11) is 0. The van der Waals surface area contributed by atoms with Crippen LogP contribution in [0.3, 0.4) is 0 Å². The third kappa shape index (κ3) is 3.75. The second-order valence-corrected chi connectivity index (χ2v) is 6.52. The Labute approximate surface area is 148 Å². The van der Waals surface area contributed by atoms with Gasteiger partial charge in [0.2, 0.25) is 0 Å². The standard InChI is InChI=1S/C21H25NO3/c22-12-6-5-7-15(13-23)21(24)25-14-20-18-10-3-1-8-16(18)17-9-2-4-11-19(17)20/h1-4,8-11,15,20,23H,5-7,12-14,22H2. The lowest BCUT2D eigenvalue weighted by atomic mass is 9.98. The zero-order valence-corrected chi connectivity index (χ0v) is 14.4. The lowest BCUT2D eigenvalue weighted by molar-refractivity contribution is -0.150. The highest BCUT2D eigenvalue weighted by Crippen LogP contribution is 2.44. The molecule has 0 radical (unpaired) electrons. The van der Waals surface area contributed by atoms with Gasteiger partial charge < -0.3 is 15.6 Å². The average molecular weight is 339 g/mol. The number of benzene rings is 2. The molecule has 1 atom stereocenters. The molecule has 0 fully saturated rings. The number of esters is 1. The lowest BCUT2D eigenvalue weighted by Crippen LogP contribution is -2.23. The maximum absolute atomic E-state index is 12.3. The number of aliphatic hydroxyl groups excluding tert-OH is 1. The molecule has 1 aliphatic carbocycles. The molecule has 0 bridgehead atoms. The summed E-state index contributed by atoms with van der Waals surface area (Å²) in [5.41, 5.74) is 10.3. The molecule has 0 amide bonds. The van der Waals surface area contributed by atoms with Crippen molar-refractivity contribution in [1.29, 1.82) is 0 Å². The number of aliphatic hydroxyl groups is 1. The fourth-order valence-electron chi connectivity index (χ4n) is 3.54. The van der Waals surface area contributed by atoms with E-state index in [1.54, 1.807) is 0 Å². The number of nitrogens with two attached hydrogens (primary N) is 1. The van der Waals surface area contributed by atoms with Crippen molar-refractivity contribution in [1.82, 2.24) is 0 Å². The summed E-state index contributed by atoms with van der Waals surface area (Å²) in [5, 5.41) is 9.47. The summed E-state index contributed by atoms with van der Waals surface area (Å²) < 4.78 is 5.59. The van der Waals surface area contributed by atoms with E-state index in [9.17, 15) is 9.90 Å². The number of carbonyl (C=O) groups excluding carboxylic acids is 1. The van der Waals surface area contributed by atoms with Crippen LogP contribution in [0.25, 0.3) is 11.1 Å². The van der Waals surface area contributed by atoms with E-state index in [1.807, 2.05) is 24.3 Å². The van der Waals surface area contributed by atoms with Gasteiger partial charge >= 0.3 is 5.97 Å². The summed E-state index contributed by atoms with van der Waals surface area (Å²) in [5.74, 6) is -0.723. The number of rotatable bonds is 8. The van der Waals surface area contributed by atoms with E-state index in [0.717, 1.165) is 12.8 Å². The summed E-state index contributed by atoms with van der Waals surface area (Å²) in [6.45, 7) is 0.727. The van der Waals surface area contributed by atoms with E-state index in [2.05, 4.69) is 24.3 Å². The van der Waals surface area contributed by atoms with Gasteiger partial charge in [0.1, 0.15) is 6.61 Å². The summed E-state index contributed by atoms with van der Waals surface area (Å²) in [6.07, 6.45) is 2.30. The Morgan fingerprint density at radius 1 is 1.04 bits per heavy atom. The van der Waals surface area contributed by atoms with Gasteiger partial charge in [-0.05, 0) is 41.6 Å². The summed E-state index contributed by atoms with van der Waals surface area (Å²) in [4.78, 5) is 12.3. The molecule has 4 nitrogen and oxygen atoms in total. The minimum atomic E-state index is -0.460. The van der Waals surface area contributed by atoms with E-state index >= 15 is 0 Å². The van der Waals surface area contributed by atoms with Crippen LogP contribution in [0, 0.1) is 5.92 Å². The molecule has 0 saturated heterocycles. The third-order valence-corrected chi connectivity index (χ3v) is 4.92. The Bertz CT molecular complexity index is 683. The maximum atomic E-state index is 12.3. The van der Waals surface area contributed by atoms with Crippen LogP contribution in [0.2, 0.25) is 0 Å². The zero-order valence-electron chi connectivity index (χ0n) is 14.4. The molecule has 3 N–H and O–H groups in total. The van der Waals surface area contributed by atoms with Crippen molar-refractivity contribution in [3.05, 3.63) is 59.7 Å². The second kappa shape index (κ2) is 8.28. The van der Waals surface area contributed by atoms with E-state index in [4.69, 9.17) is 10.5 Å². The monoisotopic (exact) mass is 339 g/mol. The molecule has 2 aromatic rings. The van der Waals surface area contributed by atoms with Gasteiger partial charge in [-0.2, -0.15) is 0 Å².